The van der Waals surface area contributed by atoms with Gasteiger partial charge in [0.25, 0.3) is 0 Å². The van der Waals surface area contributed by atoms with Gasteiger partial charge >= 0.3 is 0 Å². The van der Waals surface area contributed by atoms with Gasteiger partial charge in [-0.1, -0.05) is 6.07 Å². The Morgan fingerprint density at radius 3 is 3.16 bits per heavy atom. The Bertz CT molecular complexity index is 576. The third-order valence-electron chi connectivity index (χ3n) is 4.28. The molecule has 0 bridgehead atoms. The molecule has 100 valence electrons. The van der Waals surface area contributed by atoms with Crippen molar-refractivity contribution in [2.24, 2.45) is 5.92 Å². The molecule has 2 unspecified atom stereocenters. The molecule has 0 aromatic carbocycles. The first kappa shape index (κ1) is 11.4. The molecule has 4 heteroatoms. The first-order valence-corrected chi connectivity index (χ1v) is 7.18. The highest BCUT2D eigenvalue weighted by atomic mass is 16.5. The fraction of sp³-hybridized carbons (Fsp3) is 0.533. The number of pyridine rings is 1. The van der Waals surface area contributed by atoms with Crippen LogP contribution in [-0.4, -0.2) is 28.4 Å². The molecule has 0 spiro atoms. The molecule has 3 heterocycles. The predicted molar refractivity (Wildman–Crippen MR) is 72.9 cm³/mol. The van der Waals surface area contributed by atoms with Gasteiger partial charge in [-0.15, -0.1) is 0 Å². The second-order valence-electron chi connectivity index (χ2n) is 5.65. The molecule has 1 saturated heterocycles. The van der Waals surface area contributed by atoms with Gasteiger partial charge in [-0.3, -0.25) is 0 Å². The van der Waals surface area contributed by atoms with E-state index in [0.717, 1.165) is 25.5 Å². The first-order valence-electron chi connectivity index (χ1n) is 7.18. The minimum absolute atomic E-state index is 0.446. The van der Waals surface area contributed by atoms with E-state index in [9.17, 15) is 0 Å². The number of nitrogens with zero attached hydrogens (tertiary/aromatic N) is 2. The average molecular weight is 257 g/mol. The van der Waals surface area contributed by atoms with E-state index in [1.807, 2.05) is 23.0 Å². The highest BCUT2D eigenvalue weighted by Gasteiger charge is 2.40. The number of hydrogen-bond acceptors (Lipinski definition) is 3. The summed E-state index contributed by atoms with van der Waals surface area (Å²) in [5.41, 5.74) is 2.46. The van der Waals surface area contributed by atoms with Crippen molar-refractivity contribution in [3.63, 3.8) is 0 Å². The van der Waals surface area contributed by atoms with Crippen LogP contribution in [0.3, 0.4) is 0 Å². The highest BCUT2D eigenvalue weighted by Crippen LogP contribution is 2.38. The molecule has 1 saturated carbocycles. The van der Waals surface area contributed by atoms with E-state index in [-0.39, 0.29) is 0 Å². The van der Waals surface area contributed by atoms with Gasteiger partial charge < -0.3 is 10.1 Å². The van der Waals surface area contributed by atoms with Gasteiger partial charge in [-0.25, -0.2) is 4.52 Å². The van der Waals surface area contributed by atoms with Crippen molar-refractivity contribution >= 4 is 5.52 Å². The molecular formula is C15H19N3O. The molecule has 0 radical (unpaired) electrons. The van der Waals surface area contributed by atoms with E-state index in [0.29, 0.717) is 12.1 Å². The molecule has 2 aromatic rings. The second kappa shape index (κ2) is 4.62. The van der Waals surface area contributed by atoms with Crippen LogP contribution in [0.2, 0.25) is 0 Å². The summed E-state index contributed by atoms with van der Waals surface area (Å²) in [7, 11) is 0. The summed E-state index contributed by atoms with van der Waals surface area (Å²) in [4.78, 5) is 0. The van der Waals surface area contributed by atoms with Gasteiger partial charge in [0, 0.05) is 31.0 Å². The lowest BCUT2D eigenvalue weighted by Crippen LogP contribution is -2.37. The zero-order valence-corrected chi connectivity index (χ0v) is 11.0. The van der Waals surface area contributed by atoms with Gasteiger partial charge in [0.05, 0.1) is 17.8 Å². The Morgan fingerprint density at radius 1 is 1.32 bits per heavy atom. The molecule has 2 aromatic heterocycles. The van der Waals surface area contributed by atoms with Crippen molar-refractivity contribution in [2.75, 3.05) is 6.61 Å². The summed E-state index contributed by atoms with van der Waals surface area (Å²) in [5, 5.41) is 8.05. The Hall–Kier alpha value is -1.39. The summed E-state index contributed by atoms with van der Waals surface area (Å²) in [6.45, 7) is 1.79. The molecule has 1 aliphatic heterocycles. The number of nitrogens with one attached hydrogen (secondary N) is 1. The SMILES string of the molecule is c1ccn2ncc(CNC3CCOC3C3CC3)c2c1. The molecule has 2 atom stereocenters. The van der Waals surface area contributed by atoms with Gasteiger partial charge in [0.1, 0.15) is 0 Å². The van der Waals surface area contributed by atoms with Crippen molar-refractivity contribution < 1.29 is 4.74 Å². The summed E-state index contributed by atoms with van der Waals surface area (Å²) < 4.78 is 7.79. The van der Waals surface area contributed by atoms with E-state index in [1.165, 1.54) is 23.9 Å². The predicted octanol–water partition coefficient (Wildman–Crippen LogP) is 1.99. The number of aromatic nitrogens is 2. The molecular weight excluding hydrogens is 238 g/mol. The molecule has 1 N–H and O–H groups in total. The van der Waals surface area contributed by atoms with Crippen LogP contribution >= 0.6 is 0 Å². The normalized spacial score (nSPS) is 27.2. The molecule has 1 aliphatic carbocycles. The topological polar surface area (TPSA) is 38.6 Å². The van der Waals surface area contributed by atoms with Crippen molar-refractivity contribution in [1.29, 1.82) is 0 Å². The van der Waals surface area contributed by atoms with E-state index < -0.39 is 0 Å². The fourth-order valence-electron chi connectivity index (χ4n) is 3.08. The first-order chi connectivity index (χ1) is 9.42. The molecule has 2 fully saturated rings. The van der Waals surface area contributed by atoms with E-state index in [1.54, 1.807) is 0 Å². The van der Waals surface area contributed by atoms with Crippen LogP contribution in [0.1, 0.15) is 24.8 Å². The monoisotopic (exact) mass is 257 g/mol. The van der Waals surface area contributed by atoms with Gasteiger partial charge in [0.15, 0.2) is 0 Å². The van der Waals surface area contributed by atoms with Gasteiger partial charge in [0.2, 0.25) is 0 Å². The fourth-order valence-corrected chi connectivity index (χ4v) is 3.08. The molecule has 19 heavy (non-hydrogen) atoms. The zero-order valence-electron chi connectivity index (χ0n) is 11.0. The largest absolute Gasteiger partial charge is 0.376 e. The molecule has 2 aliphatic rings. The molecule has 4 nitrogen and oxygen atoms in total. The lowest BCUT2D eigenvalue weighted by molar-refractivity contribution is 0.0809. The van der Waals surface area contributed by atoms with Crippen LogP contribution in [0.4, 0.5) is 0 Å². The Labute approximate surface area is 112 Å². The van der Waals surface area contributed by atoms with Crippen LogP contribution in [0.5, 0.6) is 0 Å². The lowest BCUT2D eigenvalue weighted by atomic mass is 10.1. The smallest absolute Gasteiger partial charge is 0.0757 e. The number of hydrogen-bond donors (Lipinski definition) is 1. The quantitative estimate of drug-likeness (QED) is 0.910. The van der Waals surface area contributed by atoms with Crippen LogP contribution in [0, 0.1) is 5.92 Å². The standard InChI is InChI=1S/C15H19N3O/c1-2-7-18-14(3-1)12(10-17-18)9-16-13-6-8-19-15(13)11-4-5-11/h1-3,7,10-11,13,15-16H,4-6,8-9H2. The van der Waals surface area contributed by atoms with Crippen LogP contribution in [0.15, 0.2) is 30.6 Å². The van der Waals surface area contributed by atoms with Crippen molar-refractivity contribution in [1.82, 2.24) is 14.9 Å². The third-order valence-corrected chi connectivity index (χ3v) is 4.28. The Kier molecular flexibility index (Phi) is 2.78. The lowest BCUT2D eigenvalue weighted by Gasteiger charge is -2.19. The van der Waals surface area contributed by atoms with Crippen LogP contribution < -0.4 is 5.32 Å². The van der Waals surface area contributed by atoms with Crippen molar-refractivity contribution in [2.45, 2.75) is 38.0 Å². The van der Waals surface area contributed by atoms with E-state index in [2.05, 4.69) is 22.5 Å². The van der Waals surface area contributed by atoms with E-state index in [4.69, 9.17) is 4.74 Å². The maximum atomic E-state index is 5.86. The second-order valence-corrected chi connectivity index (χ2v) is 5.65. The van der Waals surface area contributed by atoms with Gasteiger partial charge in [-0.2, -0.15) is 5.10 Å². The number of fused-ring (bicyclic) bond motifs is 1. The number of rotatable bonds is 4. The summed E-state index contributed by atoms with van der Waals surface area (Å²) in [5.74, 6) is 0.809. The summed E-state index contributed by atoms with van der Waals surface area (Å²) >= 11 is 0. The van der Waals surface area contributed by atoms with Crippen LogP contribution in [0.25, 0.3) is 5.52 Å². The van der Waals surface area contributed by atoms with Gasteiger partial charge in [-0.05, 0) is 37.3 Å². The maximum absolute atomic E-state index is 5.86. The maximum Gasteiger partial charge on any atom is 0.0757 e. The average Bonchev–Trinajstić information content (AvgIpc) is 3.04. The Balaban J connectivity index is 1.46. The summed E-state index contributed by atoms with van der Waals surface area (Å²) in [6, 6.07) is 6.70. The third kappa shape index (κ3) is 2.15. The molecule has 0 amide bonds. The van der Waals surface area contributed by atoms with Crippen LogP contribution in [-0.2, 0) is 11.3 Å². The van der Waals surface area contributed by atoms with E-state index >= 15 is 0 Å². The van der Waals surface area contributed by atoms with Crippen molar-refractivity contribution in [3.8, 4) is 0 Å². The minimum Gasteiger partial charge on any atom is -0.376 e. The number of ether oxygens (including phenoxy) is 1. The zero-order chi connectivity index (χ0) is 12.7. The Morgan fingerprint density at radius 2 is 2.26 bits per heavy atom. The summed E-state index contributed by atoms with van der Waals surface area (Å²) in [6.07, 6.45) is 8.23. The highest BCUT2D eigenvalue weighted by molar-refractivity contribution is 5.53. The van der Waals surface area contributed by atoms with Crippen molar-refractivity contribution in [3.05, 3.63) is 36.2 Å². The molecule has 4 rings (SSSR count). The minimum atomic E-state index is 0.446.